The molecule has 0 radical (unpaired) electrons. The normalized spacial score (nSPS) is 19.3. The minimum atomic E-state index is -0.801. The van der Waals surface area contributed by atoms with Crippen LogP contribution in [0.5, 0.6) is 0 Å². The van der Waals surface area contributed by atoms with E-state index in [1.807, 2.05) is 24.9 Å². The Morgan fingerprint density at radius 2 is 2.21 bits per heavy atom. The molecule has 1 atom stereocenters. The maximum absolute atomic E-state index is 11.6. The molecule has 106 valence electrons. The number of carboxylic acids is 1. The number of hydrogen-bond acceptors (Lipinski definition) is 4. The van der Waals surface area contributed by atoms with Crippen molar-refractivity contribution in [1.82, 2.24) is 20.0 Å². The van der Waals surface area contributed by atoms with E-state index in [2.05, 4.69) is 10.4 Å². The van der Waals surface area contributed by atoms with Gasteiger partial charge in [0, 0.05) is 37.4 Å². The number of nitrogens with one attached hydrogen (secondary N) is 1. The highest BCUT2D eigenvalue weighted by Crippen LogP contribution is 2.22. The molecule has 0 aliphatic carbocycles. The van der Waals surface area contributed by atoms with Crippen LogP contribution in [-0.2, 0) is 4.79 Å². The van der Waals surface area contributed by atoms with Crippen LogP contribution >= 0.6 is 0 Å². The number of carboxylic acid groups (broad SMARTS) is 1. The molecule has 1 aromatic heterocycles. The molecule has 1 aliphatic rings. The summed E-state index contributed by atoms with van der Waals surface area (Å²) < 4.78 is 1.81. The summed E-state index contributed by atoms with van der Waals surface area (Å²) in [6.07, 6.45) is 4.50. The first-order valence-corrected chi connectivity index (χ1v) is 6.81. The smallest absolute Gasteiger partial charge is 0.325 e. The molecule has 2 heterocycles. The molecule has 6 heteroatoms. The molecule has 1 saturated heterocycles. The summed E-state index contributed by atoms with van der Waals surface area (Å²) in [6, 6.07) is -0.346. The Kier molecular flexibility index (Phi) is 4.55. The molecule has 0 aromatic carbocycles. The molecule has 1 aromatic rings. The van der Waals surface area contributed by atoms with E-state index in [0.29, 0.717) is 0 Å². The van der Waals surface area contributed by atoms with E-state index in [0.717, 1.165) is 38.2 Å². The van der Waals surface area contributed by atoms with Crippen molar-refractivity contribution in [3.8, 4) is 0 Å². The van der Waals surface area contributed by atoms with Crippen LogP contribution in [0.25, 0.3) is 0 Å². The molecule has 1 aliphatic heterocycles. The van der Waals surface area contributed by atoms with Crippen LogP contribution in [0.1, 0.15) is 37.9 Å². The van der Waals surface area contributed by atoms with Crippen molar-refractivity contribution in [3.63, 3.8) is 0 Å². The van der Waals surface area contributed by atoms with Crippen molar-refractivity contribution in [3.05, 3.63) is 18.0 Å². The zero-order valence-corrected chi connectivity index (χ0v) is 11.5. The van der Waals surface area contributed by atoms with Gasteiger partial charge in [-0.2, -0.15) is 5.10 Å². The van der Waals surface area contributed by atoms with Gasteiger partial charge >= 0.3 is 5.97 Å². The quantitative estimate of drug-likeness (QED) is 0.847. The number of aliphatic carboxylic acids is 1. The van der Waals surface area contributed by atoms with E-state index in [1.54, 1.807) is 10.9 Å². The van der Waals surface area contributed by atoms with Gasteiger partial charge in [0.05, 0.1) is 6.20 Å². The van der Waals surface area contributed by atoms with Gasteiger partial charge in [-0.3, -0.25) is 14.4 Å². The number of rotatable bonds is 4. The second-order valence-corrected chi connectivity index (χ2v) is 5.23. The van der Waals surface area contributed by atoms with E-state index in [9.17, 15) is 9.90 Å². The third-order valence-corrected chi connectivity index (χ3v) is 3.44. The minimum Gasteiger partial charge on any atom is -0.480 e. The van der Waals surface area contributed by atoms with Gasteiger partial charge in [-0.1, -0.05) is 0 Å². The van der Waals surface area contributed by atoms with Gasteiger partial charge in [-0.15, -0.1) is 0 Å². The lowest BCUT2D eigenvalue weighted by Crippen LogP contribution is -2.36. The third-order valence-electron chi connectivity index (χ3n) is 3.44. The van der Waals surface area contributed by atoms with Crippen molar-refractivity contribution in [2.45, 2.75) is 32.4 Å². The zero-order chi connectivity index (χ0) is 13.8. The highest BCUT2D eigenvalue weighted by atomic mass is 16.4. The summed E-state index contributed by atoms with van der Waals surface area (Å²) in [5.41, 5.74) is 0.767. The maximum atomic E-state index is 11.6. The predicted molar refractivity (Wildman–Crippen MR) is 72.0 cm³/mol. The van der Waals surface area contributed by atoms with Gasteiger partial charge in [-0.05, 0) is 26.8 Å². The van der Waals surface area contributed by atoms with Gasteiger partial charge < -0.3 is 10.4 Å². The fraction of sp³-hybridized carbons (Fsp3) is 0.692. The molecule has 1 unspecified atom stereocenters. The van der Waals surface area contributed by atoms with Crippen LogP contribution in [0.2, 0.25) is 0 Å². The Morgan fingerprint density at radius 1 is 1.42 bits per heavy atom. The molecule has 19 heavy (non-hydrogen) atoms. The van der Waals surface area contributed by atoms with E-state index in [4.69, 9.17) is 0 Å². The van der Waals surface area contributed by atoms with E-state index in [1.165, 1.54) is 0 Å². The van der Waals surface area contributed by atoms with Crippen LogP contribution in [0.3, 0.4) is 0 Å². The predicted octanol–water partition coefficient (Wildman–Crippen LogP) is 0.885. The summed E-state index contributed by atoms with van der Waals surface area (Å²) in [4.78, 5) is 13.6. The summed E-state index contributed by atoms with van der Waals surface area (Å²) in [6.45, 7) is 7.40. The lowest BCUT2D eigenvalue weighted by atomic mass is 10.1. The molecule has 0 bridgehead atoms. The summed E-state index contributed by atoms with van der Waals surface area (Å²) >= 11 is 0. The van der Waals surface area contributed by atoms with Crippen LogP contribution in [0, 0.1) is 0 Å². The second kappa shape index (κ2) is 6.16. The zero-order valence-electron chi connectivity index (χ0n) is 11.5. The summed E-state index contributed by atoms with van der Waals surface area (Å²) in [7, 11) is 0. The molecular formula is C13H22N4O2. The molecular weight excluding hydrogens is 244 g/mol. The van der Waals surface area contributed by atoms with Gasteiger partial charge in [0.25, 0.3) is 0 Å². The molecule has 2 rings (SSSR count). The molecule has 1 fully saturated rings. The molecule has 6 nitrogen and oxygen atoms in total. The average Bonchev–Trinajstić information content (AvgIpc) is 2.67. The lowest BCUT2D eigenvalue weighted by molar-refractivity contribution is -0.143. The van der Waals surface area contributed by atoms with Crippen molar-refractivity contribution in [2.75, 3.05) is 26.2 Å². The van der Waals surface area contributed by atoms with Gasteiger partial charge in [0.2, 0.25) is 0 Å². The van der Waals surface area contributed by atoms with Gasteiger partial charge in [0.1, 0.15) is 6.04 Å². The summed E-state index contributed by atoms with van der Waals surface area (Å²) in [5, 5.41) is 17.1. The topological polar surface area (TPSA) is 70.4 Å². The van der Waals surface area contributed by atoms with Crippen LogP contribution in [-0.4, -0.2) is 51.9 Å². The first-order valence-electron chi connectivity index (χ1n) is 6.81. The van der Waals surface area contributed by atoms with Crippen molar-refractivity contribution in [2.24, 2.45) is 0 Å². The molecule has 2 N–H and O–H groups in total. The maximum Gasteiger partial charge on any atom is 0.325 e. The first-order chi connectivity index (χ1) is 9.09. The highest BCUT2D eigenvalue weighted by Gasteiger charge is 2.29. The fourth-order valence-electron chi connectivity index (χ4n) is 2.41. The summed E-state index contributed by atoms with van der Waals surface area (Å²) in [5.74, 6) is -0.801. The van der Waals surface area contributed by atoms with E-state index in [-0.39, 0.29) is 6.04 Å². The van der Waals surface area contributed by atoms with Crippen molar-refractivity contribution in [1.29, 1.82) is 0 Å². The van der Waals surface area contributed by atoms with Gasteiger partial charge in [0.15, 0.2) is 0 Å². The number of hydrogen-bond donors (Lipinski definition) is 2. The number of nitrogens with zero attached hydrogens (tertiary/aromatic N) is 3. The van der Waals surface area contributed by atoms with Crippen molar-refractivity contribution >= 4 is 5.97 Å². The monoisotopic (exact) mass is 266 g/mol. The van der Waals surface area contributed by atoms with Crippen LogP contribution < -0.4 is 5.32 Å². The van der Waals surface area contributed by atoms with Crippen molar-refractivity contribution < 1.29 is 9.90 Å². The number of carbonyl (C=O) groups is 1. The molecule has 0 saturated carbocycles. The molecule has 0 amide bonds. The average molecular weight is 266 g/mol. The largest absolute Gasteiger partial charge is 0.480 e. The van der Waals surface area contributed by atoms with E-state index >= 15 is 0 Å². The second-order valence-electron chi connectivity index (χ2n) is 5.23. The van der Waals surface area contributed by atoms with Crippen LogP contribution in [0.4, 0.5) is 0 Å². The first kappa shape index (κ1) is 14.0. The standard InChI is InChI=1S/C13H22N4O2/c1-10(2)17-9-11(8-15-17)12(13(18)19)16-6-3-4-14-5-7-16/h8-10,12,14H,3-7H2,1-2H3,(H,18,19). The van der Waals surface area contributed by atoms with E-state index < -0.39 is 12.0 Å². The minimum absolute atomic E-state index is 0.244. The third kappa shape index (κ3) is 3.33. The SMILES string of the molecule is CC(C)n1cc(C(C(=O)O)N2CCCNCC2)cn1. The van der Waals surface area contributed by atoms with Gasteiger partial charge in [-0.25, -0.2) is 0 Å². The fourth-order valence-corrected chi connectivity index (χ4v) is 2.41. The lowest BCUT2D eigenvalue weighted by Gasteiger charge is -2.26. The Hall–Kier alpha value is -1.40. The Balaban J connectivity index is 2.20. The Morgan fingerprint density at radius 3 is 2.84 bits per heavy atom. The number of aromatic nitrogens is 2. The van der Waals surface area contributed by atoms with Crippen LogP contribution in [0.15, 0.2) is 12.4 Å². The Labute approximate surface area is 113 Å². The highest BCUT2D eigenvalue weighted by molar-refractivity contribution is 5.75. The molecule has 0 spiro atoms. The Bertz CT molecular complexity index is 422.